The maximum absolute atomic E-state index is 12.5. The Morgan fingerprint density at radius 2 is 1.20 bits per heavy atom. The van der Waals surface area contributed by atoms with E-state index in [2.05, 4.69) is 5.32 Å². The zero-order valence-electron chi connectivity index (χ0n) is 34.3. The molecule has 5 saturated heterocycles. The summed E-state index contributed by atoms with van der Waals surface area (Å²) in [7, 11) is 0. The number of aliphatic hydroxyl groups is 16. The summed E-state index contributed by atoms with van der Waals surface area (Å²) in [6.45, 7) is -3.99. The van der Waals surface area contributed by atoms with E-state index in [1.165, 1.54) is 0 Å². The van der Waals surface area contributed by atoms with Gasteiger partial charge in [0.2, 0.25) is 5.91 Å². The summed E-state index contributed by atoms with van der Waals surface area (Å²) in [6.07, 6.45) is -45.2. The summed E-state index contributed by atoms with van der Waals surface area (Å²) >= 11 is 0. The fourth-order valence-corrected chi connectivity index (χ4v) is 8.04. The van der Waals surface area contributed by atoms with Crippen LogP contribution in [0.4, 0.5) is 0 Å². The number of carboxylic acids is 1. The van der Waals surface area contributed by atoms with E-state index in [4.69, 9.17) is 48.4 Å². The summed E-state index contributed by atoms with van der Waals surface area (Å²) < 4.78 is 50.1. The van der Waals surface area contributed by atoms with Crippen molar-refractivity contribution >= 4 is 11.9 Å². The van der Waals surface area contributed by atoms with Gasteiger partial charge in [0.05, 0.1) is 45.2 Å². The molecule has 0 saturated carbocycles. The maximum Gasteiger partial charge on any atom is 0.364 e. The lowest BCUT2D eigenvalue weighted by molar-refractivity contribution is -0.381. The van der Waals surface area contributed by atoms with Gasteiger partial charge in [0.15, 0.2) is 25.2 Å². The second-order valence-corrected chi connectivity index (χ2v) is 16.2. The van der Waals surface area contributed by atoms with Gasteiger partial charge in [-0.3, -0.25) is 4.79 Å². The quantitative estimate of drug-likeness (QED) is 0.0643. The van der Waals surface area contributed by atoms with Crippen LogP contribution in [0.1, 0.15) is 13.3 Å². The molecule has 0 aromatic carbocycles. The zero-order chi connectivity index (χ0) is 48.4. The van der Waals surface area contributed by atoms with E-state index in [1.54, 1.807) is 0 Å². The van der Waals surface area contributed by atoms with Crippen LogP contribution in [0.2, 0.25) is 0 Å². The third-order valence-electron chi connectivity index (χ3n) is 11.8. The molecule has 5 aliphatic heterocycles. The van der Waals surface area contributed by atoms with E-state index in [1.807, 2.05) is 0 Å². The van der Waals surface area contributed by atoms with Crippen LogP contribution in [0, 0.1) is 0 Å². The maximum atomic E-state index is 12.5. The molecule has 5 aliphatic rings. The lowest BCUT2D eigenvalue weighted by Crippen LogP contribution is -2.70. The van der Waals surface area contributed by atoms with Crippen molar-refractivity contribution in [3.8, 4) is 0 Å². The second kappa shape index (κ2) is 22.5. The van der Waals surface area contributed by atoms with Gasteiger partial charge < -0.3 is 140 Å². The van der Waals surface area contributed by atoms with E-state index in [0.29, 0.717) is 0 Å². The fourth-order valence-electron chi connectivity index (χ4n) is 8.04. The molecule has 30 nitrogen and oxygen atoms in total. The number of carboxylic acid groups (broad SMARTS) is 1. The molecule has 30 heteroatoms. The highest BCUT2D eigenvalue weighted by Gasteiger charge is 2.58. The minimum absolute atomic E-state index is 0.856. The number of carbonyl (C=O) groups is 2. The number of rotatable bonds is 17. The van der Waals surface area contributed by atoms with Crippen molar-refractivity contribution in [3.05, 3.63) is 0 Å². The molecule has 0 aromatic rings. The van der Waals surface area contributed by atoms with Crippen LogP contribution in [-0.4, -0.2) is 291 Å². The molecule has 0 bridgehead atoms. The normalized spacial score (nSPS) is 48.3. The molecule has 1 unspecified atom stereocenters. The van der Waals surface area contributed by atoms with Crippen molar-refractivity contribution < 1.29 is 139 Å². The van der Waals surface area contributed by atoms with Gasteiger partial charge in [0.25, 0.3) is 5.79 Å². The highest BCUT2D eigenvalue weighted by molar-refractivity contribution is 5.76. The van der Waals surface area contributed by atoms with E-state index in [9.17, 15) is 96.4 Å². The number of hydrogen-bond acceptors (Lipinski definition) is 28. The van der Waals surface area contributed by atoms with Crippen LogP contribution in [0.15, 0.2) is 0 Å². The van der Waals surface area contributed by atoms with Gasteiger partial charge >= 0.3 is 5.97 Å². The minimum atomic E-state index is -2.87. The molecule has 20 N–H and O–H groups in total. The molecule has 5 heterocycles. The van der Waals surface area contributed by atoms with Crippen LogP contribution in [-0.2, 0) is 52.2 Å². The Balaban J connectivity index is 1.34. The number of aliphatic hydroxyl groups excluding tert-OH is 16. The van der Waals surface area contributed by atoms with Gasteiger partial charge in [-0.2, -0.15) is 0 Å². The zero-order valence-corrected chi connectivity index (χ0v) is 34.3. The Morgan fingerprint density at radius 1 is 0.662 bits per heavy atom. The van der Waals surface area contributed by atoms with Gasteiger partial charge in [0.1, 0.15) is 116 Å². The highest BCUT2D eigenvalue weighted by Crippen LogP contribution is 2.37. The summed E-state index contributed by atoms with van der Waals surface area (Å²) in [5, 5.41) is 180. The predicted molar refractivity (Wildman–Crippen MR) is 197 cm³/mol. The third kappa shape index (κ3) is 11.3. The molecule has 0 radical (unpaired) electrons. The lowest BCUT2D eigenvalue weighted by Gasteiger charge is -2.50. The number of hydrogen-bond donors (Lipinski definition) is 19. The van der Waals surface area contributed by atoms with Crippen molar-refractivity contribution in [3.63, 3.8) is 0 Å². The Bertz CT molecular complexity index is 1540. The first kappa shape index (κ1) is 53.8. The third-order valence-corrected chi connectivity index (χ3v) is 11.8. The molecular formula is C35H60N2O28. The molecule has 0 aliphatic carbocycles. The first-order chi connectivity index (χ1) is 30.5. The van der Waals surface area contributed by atoms with Crippen molar-refractivity contribution in [2.45, 2.75) is 172 Å². The first-order valence-corrected chi connectivity index (χ1v) is 20.3. The molecule has 378 valence electrons. The standard InChI is InChI=1S/C35H60N2O28/c1-8(42)37-16-20(48)26(13(6-41)60-31(16)64-29-19(47)11(4-39)59-33(25(29)53)63-27-12(5-40)58-30(54)23(51)22(27)50)62-32-24(52)21(49)18(46)14(61-32)7-57-35(34(55)56)2-9(43)15(36)28(65-35)17(45)10(44)3-38/h9-33,38-41,43-54H,2-7,36H2,1H3,(H,37,42)(H,55,56)/t9-,10+,11+,12+,13+,14+,15+,16+,17+,18-,19-,20+,21-,22+,23+,24+,25+,26+,27+,28+,29-,30?,31-,32-,33-,35+/m0/s1. The van der Waals surface area contributed by atoms with Crippen LogP contribution < -0.4 is 11.1 Å². The van der Waals surface area contributed by atoms with E-state index >= 15 is 0 Å². The Morgan fingerprint density at radius 3 is 1.77 bits per heavy atom. The summed E-state index contributed by atoms with van der Waals surface area (Å²) in [6, 6.07) is -3.29. The Kier molecular flexibility index (Phi) is 18.7. The van der Waals surface area contributed by atoms with Crippen LogP contribution in [0.3, 0.4) is 0 Å². The molecule has 1 amide bonds. The second-order valence-electron chi connectivity index (χ2n) is 16.2. The molecular weight excluding hydrogens is 896 g/mol. The van der Waals surface area contributed by atoms with E-state index in [0.717, 1.165) is 6.92 Å². The van der Waals surface area contributed by atoms with E-state index in [-0.39, 0.29) is 0 Å². The van der Waals surface area contributed by atoms with Gasteiger partial charge in [-0.1, -0.05) is 0 Å². The minimum Gasteiger partial charge on any atom is -0.477 e. The Labute approximate surface area is 367 Å². The van der Waals surface area contributed by atoms with Gasteiger partial charge in [-0.05, 0) is 0 Å². The monoisotopic (exact) mass is 956 g/mol. The average Bonchev–Trinajstić information content (AvgIpc) is 3.27. The van der Waals surface area contributed by atoms with Crippen molar-refractivity contribution in [1.82, 2.24) is 5.32 Å². The predicted octanol–water partition coefficient (Wildman–Crippen LogP) is -12.6. The SMILES string of the molecule is CC(=O)N[C@H]1[C@H](O[C@H]2[C@@H](O)[C@@H](CO)O[C@@H](O[C@H]3[C@H](O)[C@@H](O)C(O)O[C@@H]3CO)[C@@H]2O)O[C@H](CO)[C@@H](O[C@@H]2O[C@H](CO[C@]3(C(=O)O)C[C@H](O)[C@@H](N)[C@H]([C@H](O)[C@H](O)CO)O3)[C@H](O)[C@H](O)[C@H]2O)[C@@H]1O. The number of nitrogens with two attached hydrogens (primary N) is 1. The average molecular weight is 957 g/mol. The topological polar surface area (TPSA) is 499 Å². The van der Waals surface area contributed by atoms with Crippen molar-refractivity contribution in [1.29, 1.82) is 0 Å². The lowest BCUT2D eigenvalue weighted by atomic mass is 9.89. The van der Waals surface area contributed by atoms with E-state index < -0.39 is 210 Å². The summed E-state index contributed by atoms with van der Waals surface area (Å²) in [5.74, 6) is -5.64. The summed E-state index contributed by atoms with van der Waals surface area (Å²) in [5.41, 5.74) is 5.87. The van der Waals surface area contributed by atoms with Gasteiger partial charge in [0, 0.05) is 13.3 Å². The highest BCUT2D eigenvalue weighted by atomic mass is 16.8. The molecule has 5 rings (SSSR count). The van der Waals surface area contributed by atoms with Crippen molar-refractivity contribution in [2.75, 3.05) is 33.0 Å². The largest absolute Gasteiger partial charge is 0.477 e. The first-order valence-electron chi connectivity index (χ1n) is 20.3. The van der Waals surface area contributed by atoms with Crippen molar-refractivity contribution in [2.24, 2.45) is 5.73 Å². The molecule has 5 fully saturated rings. The number of amides is 1. The van der Waals surface area contributed by atoms with Crippen LogP contribution >= 0.6 is 0 Å². The number of aliphatic carboxylic acids is 1. The molecule has 0 spiro atoms. The number of carbonyl (C=O) groups excluding carboxylic acids is 1. The molecule has 26 atom stereocenters. The van der Waals surface area contributed by atoms with Gasteiger partial charge in [-0.15, -0.1) is 0 Å². The number of ether oxygens (including phenoxy) is 9. The van der Waals surface area contributed by atoms with Gasteiger partial charge in [-0.25, -0.2) is 4.79 Å². The smallest absolute Gasteiger partial charge is 0.364 e. The molecule has 65 heavy (non-hydrogen) atoms. The summed E-state index contributed by atoms with van der Waals surface area (Å²) in [4.78, 5) is 24.9. The molecule has 0 aromatic heterocycles. The number of nitrogens with one attached hydrogen (secondary N) is 1. The fraction of sp³-hybridized carbons (Fsp3) is 0.943. The Hall–Kier alpha value is -2.10. The van der Waals surface area contributed by atoms with Crippen LogP contribution in [0.25, 0.3) is 0 Å². The van der Waals surface area contributed by atoms with Crippen LogP contribution in [0.5, 0.6) is 0 Å².